The van der Waals surface area contributed by atoms with Crippen LogP contribution in [0.3, 0.4) is 0 Å². The molecule has 1 aliphatic carbocycles. The molecular formula is C12H23NO3. The Morgan fingerprint density at radius 1 is 1.38 bits per heavy atom. The zero-order valence-corrected chi connectivity index (χ0v) is 10.3. The van der Waals surface area contributed by atoms with E-state index in [9.17, 15) is 4.79 Å². The van der Waals surface area contributed by atoms with Gasteiger partial charge in [-0.2, -0.15) is 0 Å². The standard InChI is InChI=1S/C12H23NO3/c1-9(2)8-15-5-6-16-12(14)10-3-4-11(13)7-10/h9-11H,3-8,13H2,1-2H3/t10-,11+/m1/s1. The van der Waals surface area contributed by atoms with Gasteiger partial charge >= 0.3 is 5.97 Å². The summed E-state index contributed by atoms with van der Waals surface area (Å²) in [5.41, 5.74) is 5.74. The Morgan fingerprint density at radius 2 is 2.12 bits per heavy atom. The number of esters is 1. The average Bonchev–Trinajstić information content (AvgIpc) is 2.63. The van der Waals surface area contributed by atoms with Crippen LogP contribution in [0.1, 0.15) is 33.1 Å². The van der Waals surface area contributed by atoms with Crippen molar-refractivity contribution < 1.29 is 14.3 Å². The quantitative estimate of drug-likeness (QED) is 0.551. The number of hydrogen-bond donors (Lipinski definition) is 1. The summed E-state index contributed by atoms with van der Waals surface area (Å²) in [6.07, 6.45) is 2.57. The van der Waals surface area contributed by atoms with Crippen molar-refractivity contribution >= 4 is 5.97 Å². The predicted octanol–water partition coefficient (Wildman–Crippen LogP) is 1.33. The van der Waals surface area contributed by atoms with E-state index in [0.717, 1.165) is 19.3 Å². The van der Waals surface area contributed by atoms with Gasteiger partial charge in [0.1, 0.15) is 6.61 Å². The molecule has 0 spiro atoms. The van der Waals surface area contributed by atoms with Gasteiger partial charge in [-0.05, 0) is 25.2 Å². The topological polar surface area (TPSA) is 61.5 Å². The molecule has 2 N–H and O–H groups in total. The molecule has 0 amide bonds. The van der Waals surface area contributed by atoms with Gasteiger partial charge in [0.25, 0.3) is 0 Å². The van der Waals surface area contributed by atoms with Gasteiger partial charge in [0.05, 0.1) is 12.5 Å². The van der Waals surface area contributed by atoms with E-state index < -0.39 is 0 Å². The van der Waals surface area contributed by atoms with E-state index in [-0.39, 0.29) is 17.9 Å². The van der Waals surface area contributed by atoms with Crippen LogP contribution in [-0.4, -0.2) is 31.8 Å². The summed E-state index contributed by atoms with van der Waals surface area (Å²) in [5.74, 6) is 0.421. The monoisotopic (exact) mass is 229 g/mol. The lowest BCUT2D eigenvalue weighted by molar-refractivity contribution is -0.150. The molecule has 1 rings (SSSR count). The Hall–Kier alpha value is -0.610. The zero-order valence-electron chi connectivity index (χ0n) is 10.3. The van der Waals surface area contributed by atoms with E-state index in [4.69, 9.17) is 15.2 Å². The molecule has 0 unspecified atom stereocenters. The summed E-state index contributed by atoms with van der Waals surface area (Å²) in [7, 11) is 0. The highest BCUT2D eigenvalue weighted by atomic mass is 16.6. The number of carbonyl (C=O) groups is 1. The predicted molar refractivity (Wildman–Crippen MR) is 61.9 cm³/mol. The molecular weight excluding hydrogens is 206 g/mol. The van der Waals surface area contributed by atoms with Crippen LogP contribution in [0.5, 0.6) is 0 Å². The lowest BCUT2D eigenvalue weighted by atomic mass is 10.1. The van der Waals surface area contributed by atoms with Gasteiger partial charge in [-0.1, -0.05) is 13.8 Å². The molecule has 0 radical (unpaired) electrons. The van der Waals surface area contributed by atoms with Crippen molar-refractivity contribution in [3.8, 4) is 0 Å². The first-order chi connectivity index (χ1) is 7.59. The normalized spacial score (nSPS) is 25.0. The van der Waals surface area contributed by atoms with Crippen LogP contribution in [0.4, 0.5) is 0 Å². The summed E-state index contributed by atoms with van der Waals surface area (Å²) < 4.78 is 10.5. The number of carbonyl (C=O) groups excluding carboxylic acids is 1. The SMILES string of the molecule is CC(C)COCCOC(=O)[C@@H]1CC[C@H](N)C1. The van der Waals surface area contributed by atoms with E-state index in [0.29, 0.717) is 25.7 Å². The zero-order chi connectivity index (χ0) is 12.0. The van der Waals surface area contributed by atoms with Crippen LogP contribution in [-0.2, 0) is 14.3 Å². The summed E-state index contributed by atoms with van der Waals surface area (Å²) in [4.78, 5) is 11.6. The first-order valence-corrected chi connectivity index (χ1v) is 6.09. The van der Waals surface area contributed by atoms with Crippen molar-refractivity contribution in [2.45, 2.75) is 39.2 Å². The van der Waals surface area contributed by atoms with E-state index in [2.05, 4.69) is 13.8 Å². The van der Waals surface area contributed by atoms with Gasteiger partial charge in [-0.25, -0.2) is 0 Å². The second kappa shape index (κ2) is 6.86. The molecule has 16 heavy (non-hydrogen) atoms. The van der Waals surface area contributed by atoms with Gasteiger partial charge in [0.2, 0.25) is 0 Å². The Morgan fingerprint density at radius 3 is 2.69 bits per heavy atom. The van der Waals surface area contributed by atoms with Gasteiger partial charge in [-0.15, -0.1) is 0 Å². The molecule has 1 aliphatic rings. The minimum Gasteiger partial charge on any atom is -0.463 e. The fourth-order valence-electron chi connectivity index (χ4n) is 1.87. The minimum atomic E-state index is -0.110. The molecule has 1 fully saturated rings. The van der Waals surface area contributed by atoms with E-state index in [1.165, 1.54) is 0 Å². The summed E-state index contributed by atoms with van der Waals surface area (Å²) in [6, 6.07) is 0.176. The summed E-state index contributed by atoms with van der Waals surface area (Å²) in [5, 5.41) is 0. The molecule has 0 heterocycles. The molecule has 0 aliphatic heterocycles. The van der Waals surface area contributed by atoms with Crippen molar-refractivity contribution in [1.82, 2.24) is 0 Å². The van der Waals surface area contributed by atoms with Crippen molar-refractivity contribution in [2.75, 3.05) is 19.8 Å². The lowest BCUT2D eigenvalue weighted by Crippen LogP contribution is -2.21. The lowest BCUT2D eigenvalue weighted by Gasteiger charge is -2.11. The number of hydrogen-bond acceptors (Lipinski definition) is 4. The number of rotatable bonds is 6. The van der Waals surface area contributed by atoms with Gasteiger partial charge in [0, 0.05) is 12.6 Å². The maximum atomic E-state index is 11.6. The van der Waals surface area contributed by atoms with Crippen LogP contribution < -0.4 is 5.73 Å². The molecule has 4 heteroatoms. The Kier molecular flexibility index (Phi) is 5.77. The summed E-state index contributed by atoms with van der Waals surface area (Å²) in [6.45, 7) is 5.74. The van der Waals surface area contributed by atoms with Gasteiger partial charge in [0.15, 0.2) is 0 Å². The van der Waals surface area contributed by atoms with Gasteiger partial charge < -0.3 is 15.2 Å². The first-order valence-electron chi connectivity index (χ1n) is 6.09. The van der Waals surface area contributed by atoms with Crippen molar-refractivity contribution in [3.05, 3.63) is 0 Å². The van der Waals surface area contributed by atoms with Gasteiger partial charge in [-0.3, -0.25) is 4.79 Å². The smallest absolute Gasteiger partial charge is 0.309 e. The molecule has 0 aromatic carbocycles. The third-order valence-corrected chi connectivity index (χ3v) is 2.73. The van der Waals surface area contributed by atoms with Crippen LogP contribution in [0, 0.1) is 11.8 Å². The maximum Gasteiger partial charge on any atom is 0.309 e. The van der Waals surface area contributed by atoms with Crippen LogP contribution in [0.2, 0.25) is 0 Å². The number of ether oxygens (including phenoxy) is 2. The van der Waals surface area contributed by atoms with Crippen molar-refractivity contribution in [3.63, 3.8) is 0 Å². The Bertz CT molecular complexity index is 218. The van der Waals surface area contributed by atoms with E-state index >= 15 is 0 Å². The first kappa shape index (κ1) is 13.5. The second-order valence-corrected chi connectivity index (χ2v) is 4.91. The molecule has 0 saturated heterocycles. The fraction of sp³-hybridized carbons (Fsp3) is 0.917. The molecule has 0 bridgehead atoms. The summed E-state index contributed by atoms with van der Waals surface area (Å²) >= 11 is 0. The van der Waals surface area contributed by atoms with Crippen LogP contribution in [0.15, 0.2) is 0 Å². The highest BCUT2D eigenvalue weighted by Gasteiger charge is 2.28. The molecule has 0 aromatic rings. The largest absolute Gasteiger partial charge is 0.463 e. The van der Waals surface area contributed by atoms with Crippen molar-refractivity contribution in [1.29, 1.82) is 0 Å². The third-order valence-electron chi connectivity index (χ3n) is 2.73. The van der Waals surface area contributed by atoms with Crippen LogP contribution >= 0.6 is 0 Å². The average molecular weight is 229 g/mol. The molecule has 2 atom stereocenters. The molecule has 1 saturated carbocycles. The Balaban J connectivity index is 2.02. The molecule has 4 nitrogen and oxygen atoms in total. The highest BCUT2D eigenvalue weighted by molar-refractivity contribution is 5.72. The third kappa shape index (κ3) is 4.94. The number of nitrogens with two attached hydrogens (primary N) is 1. The highest BCUT2D eigenvalue weighted by Crippen LogP contribution is 2.24. The van der Waals surface area contributed by atoms with E-state index in [1.807, 2.05) is 0 Å². The second-order valence-electron chi connectivity index (χ2n) is 4.91. The Labute approximate surface area is 97.5 Å². The molecule has 94 valence electrons. The molecule has 0 aromatic heterocycles. The van der Waals surface area contributed by atoms with Crippen LogP contribution in [0.25, 0.3) is 0 Å². The minimum absolute atomic E-state index is 0.0140. The van der Waals surface area contributed by atoms with Crippen molar-refractivity contribution in [2.24, 2.45) is 17.6 Å². The maximum absolute atomic E-state index is 11.6. The van der Waals surface area contributed by atoms with E-state index in [1.54, 1.807) is 0 Å². The fourth-order valence-corrected chi connectivity index (χ4v) is 1.87.